The summed E-state index contributed by atoms with van der Waals surface area (Å²) in [6.07, 6.45) is 2.85. The molecule has 0 bridgehead atoms. The molecule has 0 N–H and O–H groups in total. The van der Waals surface area contributed by atoms with E-state index in [1.165, 1.54) is 12.1 Å². The highest BCUT2D eigenvalue weighted by Crippen LogP contribution is 2.36. The molecule has 0 saturated heterocycles. The molecule has 0 fully saturated rings. The molecule has 0 radical (unpaired) electrons. The van der Waals surface area contributed by atoms with Gasteiger partial charge in [-0.15, -0.1) is 0 Å². The largest absolute Gasteiger partial charge is 0.493 e. The quantitative estimate of drug-likeness (QED) is 0.724. The van der Waals surface area contributed by atoms with Crippen LogP contribution in [-0.4, -0.2) is 50.1 Å². The third kappa shape index (κ3) is 3.95. The Labute approximate surface area is 165 Å². The van der Waals surface area contributed by atoms with Gasteiger partial charge in [0, 0.05) is 25.6 Å². The average molecular weight is 426 g/mol. The molecule has 0 aromatic heterocycles. The maximum absolute atomic E-state index is 12.3. The van der Waals surface area contributed by atoms with Gasteiger partial charge in [-0.3, -0.25) is 0 Å². The van der Waals surface area contributed by atoms with Crippen LogP contribution in [0.2, 0.25) is 0 Å². The lowest BCUT2D eigenvalue weighted by Gasteiger charge is -2.32. The molecule has 0 unspecified atom stereocenters. The highest BCUT2D eigenvalue weighted by atomic mass is 32.2. The van der Waals surface area contributed by atoms with Gasteiger partial charge in [-0.05, 0) is 47.9 Å². The summed E-state index contributed by atoms with van der Waals surface area (Å²) >= 11 is 0. The summed E-state index contributed by atoms with van der Waals surface area (Å²) in [5.74, 6) is 1.27. The van der Waals surface area contributed by atoms with Gasteiger partial charge in [0.25, 0.3) is 0 Å². The van der Waals surface area contributed by atoms with Gasteiger partial charge in [0.15, 0.2) is 31.2 Å². The van der Waals surface area contributed by atoms with E-state index in [0.717, 1.165) is 23.6 Å². The first-order chi connectivity index (χ1) is 13.0. The minimum atomic E-state index is -3.62. The number of sulfone groups is 2. The standard InChI is InChI=1S/C19H23NO6S2/c1-25-17-9-13-7-8-20(12-14(13)10-18(17)26-2)16-6-5-15(27(3,21)22)11-19(16)28(4,23)24/h5-6,9-11H,7-8,12H2,1-4H3. The first-order valence-electron chi connectivity index (χ1n) is 8.57. The average Bonchev–Trinajstić information content (AvgIpc) is 2.64. The molecule has 1 heterocycles. The summed E-state index contributed by atoms with van der Waals surface area (Å²) in [4.78, 5) is 1.94. The number of fused-ring (bicyclic) bond motifs is 1. The van der Waals surface area contributed by atoms with E-state index in [0.29, 0.717) is 36.7 Å². The monoisotopic (exact) mass is 425 g/mol. The van der Waals surface area contributed by atoms with Crippen LogP contribution in [0, 0.1) is 0 Å². The Morgan fingerprint density at radius 2 is 1.46 bits per heavy atom. The minimum Gasteiger partial charge on any atom is -0.493 e. The summed E-state index contributed by atoms with van der Waals surface area (Å²) in [6, 6.07) is 8.09. The topological polar surface area (TPSA) is 90.0 Å². The Bertz CT molecular complexity index is 1120. The second-order valence-electron chi connectivity index (χ2n) is 6.82. The molecule has 152 valence electrons. The molecule has 2 aromatic carbocycles. The van der Waals surface area contributed by atoms with Crippen LogP contribution < -0.4 is 14.4 Å². The third-order valence-corrected chi connectivity index (χ3v) is 7.05. The van der Waals surface area contributed by atoms with Gasteiger partial charge < -0.3 is 14.4 Å². The van der Waals surface area contributed by atoms with Crippen molar-refractivity contribution >= 4 is 25.4 Å². The lowest BCUT2D eigenvalue weighted by atomic mass is 9.98. The van der Waals surface area contributed by atoms with E-state index < -0.39 is 19.7 Å². The fourth-order valence-corrected chi connectivity index (χ4v) is 5.01. The molecule has 0 amide bonds. The summed E-state index contributed by atoms with van der Waals surface area (Å²) in [5, 5.41) is 0. The predicted octanol–water partition coefficient (Wildman–Crippen LogP) is 2.07. The van der Waals surface area contributed by atoms with Crippen LogP contribution in [0.15, 0.2) is 40.1 Å². The number of ether oxygens (including phenoxy) is 2. The van der Waals surface area contributed by atoms with Gasteiger partial charge in [0.05, 0.1) is 29.7 Å². The summed E-state index contributed by atoms with van der Waals surface area (Å²) in [5.41, 5.74) is 2.62. The number of anilines is 1. The summed E-state index contributed by atoms with van der Waals surface area (Å²) in [6.45, 7) is 1.08. The molecule has 9 heteroatoms. The fourth-order valence-electron chi connectivity index (χ4n) is 3.37. The van der Waals surface area contributed by atoms with Crippen molar-refractivity contribution in [1.29, 1.82) is 0 Å². The zero-order chi connectivity index (χ0) is 20.7. The molecule has 3 rings (SSSR count). The van der Waals surface area contributed by atoms with Crippen molar-refractivity contribution in [3.05, 3.63) is 41.5 Å². The molecule has 7 nitrogen and oxygen atoms in total. The molecular formula is C19H23NO6S2. The van der Waals surface area contributed by atoms with E-state index in [9.17, 15) is 16.8 Å². The van der Waals surface area contributed by atoms with Crippen LogP contribution >= 0.6 is 0 Å². The second-order valence-corrected chi connectivity index (χ2v) is 10.8. The Kier molecular flexibility index (Phi) is 5.33. The van der Waals surface area contributed by atoms with Crippen molar-refractivity contribution in [2.24, 2.45) is 0 Å². The Morgan fingerprint density at radius 1 is 0.857 bits per heavy atom. The van der Waals surface area contributed by atoms with Gasteiger partial charge >= 0.3 is 0 Å². The number of rotatable bonds is 5. The highest BCUT2D eigenvalue weighted by molar-refractivity contribution is 7.91. The number of methoxy groups -OCH3 is 2. The Morgan fingerprint density at radius 3 is 2.00 bits per heavy atom. The summed E-state index contributed by atoms with van der Waals surface area (Å²) in [7, 11) is -3.98. The van der Waals surface area contributed by atoms with E-state index in [4.69, 9.17) is 9.47 Å². The first kappa shape index (κ1) is 20.5. The molecule has 1 aliphatic heterocycles. The minimum absolute atomic E-state index is 0.0133. The van der Waals surface area contributed by atoms with Crippen LogP contribution in [0.5, 0.6) is 11.5 Å². The molecule has 0 atom stereocenters. The van der Waals surface area contributed by atoms with Crippen LogP contribution in [-0.2, 0) is 32.6 Å². The molecule has 1 aliphatic rings. The Balaban J connectivity index is 2.06. The first-order valence-corrected chi connectivity index (χ1v) is 12.4. The van der Waals surface area contributed by atoms with Crippen LogP contribution in [0.1, 0.15) is 11.1 Å². The van der Waals surface area contributed by atoms with E-state index in [2.05, 4.69) is 0 Å². The molecule has 0 saturated carbocycles. The molecular weight excluding hydrogens is 402 g/mol. The number of benzene rings is 2. The van der Waals surface area contributed by atoms with E-state index in [1.54, 1.807) is 20.3 Å². The zero-order valence-electron chi connectivity index (χ0n) is 16.2. The smallest absolute Gasteiger partial charge is 0.177 e. The van der Waals surface area contributed by atoms with E-state index >= 15 is 0 Å². The molecule has 0 aliphatic carbocycles. The SMILES string of the molecule is COc1cc2c(cc1OC)CN(c1ccc(S(C)(=O)=O)cc1S(C)(=O)=O)CC2. The van der Waals surface area contributed by atoms with Crippen molar-refractivity contribution in [1.82, 2.24) is 0 Å². The van der Waals surface area contributed by atoms with Gasteiger partial charge in [0.2, 0.25) is 0 Å². The second kappa shape index (κ2) is 7.29. The van der Waals surface area contributed by atoms with Crippen LogP contribution in [0.4, 0.5) is 5.69 Å². The van der Waals surface area contributed by atoms with Crippen molar-refractivity contribution in [2.45, 2.75) is 22.8 Å². The molecule has 0 spiro atoms. The number of hydrogen-bond acceptors (Lipinski definition) is 7. The lowest BCUT2D eigenvalue weighted by molar-refractivity contribution is 0.353. The Hall–Kier alpha value is -2.26. The van der Waals surface area contributed by atoms with Gasteiger partial charge in [-0.2, -0.15) is 0 Å². The summed E-state index contributed by atoms with van der Waals surface area (Å²) < 4.78 is 59.1. The van der Waals surface area contributed by atoms with Gasteiger partial charge in [-0.25, -0.2) is 16.8 Å². The molecule has 2 aromatic rings. The van der Waals surface area contributed by atoms with Crippen molar-refractivity contribution in [2.75, 3.05) is 38.2 Å². The van der Waals surface area contributed by atoms with Gasteiger partial charge in [-0.1, -0.05) is 0 Å². The van der Waals surface area contributed by atoms with Crippen LogP contribution in [0.3, 0.4) is 0 Å². The predicted molar refractivity (Wildman–Crippen MR) is 107 cm³/mol. The van der Waals surface area contributed by atoms with Crippen molar-refractivity contribution in [3.63, 3.8) is 0 Å². The van der Waals surface area contributed by atoms with Gasteiger partial charge in [0.1, 0.15) is 0 Å². The normalized spacial score (nSPS) is 14.5. The third-order valence-electron chi connectivity index (χ3n) is 4.82. The molecule has 28 heavy (non-hydrogen) atoms. The van der Waals surface area contributed by atoms with E-state index in [1.807, 2.05) is 17.0 Å². The van der Waals surface area contributed by atoms with Crippen molar-refractivity contribution in [3.8, 4) is 11.5 Å². The maximum atomic E-state index is 12.3. The number of nitrogens with zero attached hydrogens (tertiary/aromatic N) is 1. The zero-order valence-corrected chi connectivity index (χ0v) is 17.9. The van der Waals surface area contributed by atoms with Crippen molar-refractivity contribution < 1.29 is 26.3 Å². The highest BCUT2D eigenvalue weighted by Gasteiger charge is 2.25. The van der Waals surface area contributed by atoms with E-state index in [-0.39, 0.29) is 9.79 Å². The maximum Gasteiger partial charge on any atom is 0.177 e. The number of hydrogen-bond donors (Lipinski definition) is 0. The lowest BCUT2D eigenvalue weighted by Crippen LogP contribution is -2.31. The van der Waals surface area contributed by atoms with Crippen LogP contribution in [0.25, 0.3) is 0 Å². The fraction of sp³-hybridized carbons (Fsp3) is 0.368.